The second-order valence-corrected chi connectivity index (χ2v) is 7.78. The summed E-state index contributed by atoms with van der Waals surface area (Å²) in [6.07, 6.45) is 2.94. The van der Waals surface area contributed by atoms with Gasteiger partial charge in [-0.1, -0.05) is 18.2 Å². The summed E-state index contributed by atoms with van der Waals surface area (Å²) in [4.78, 5) is 32.0. The van der Waals surface area contributed by atoms with Gasteiger partial charge in [-0.25, -0.2) is 0 Å². The van der Waals surface area contributed by atoms with E-state index in [9.17, 15) is 9.59 Å². The van der Waals surface area contributed by atoms with Crippen molar-refractivity contribution in [2.24, 2.45) is 5.92 Å². The number of methoxy groups -OCH3 is 1. The molecular formula is C23H27N3O4. The van der Waals surface area contributed by atoms with Gasteiger partial charge in [0.25, 0.3) is 5.91 Å². The number of hydrogen-bond donors (Lipinski definition) is 1. The van der Waals surface area contributed by atoms with E-state index in [1.807, 2.05) is 29.2 Å². The molecule has 2 amide bonds. The summed E-state index contributed by atoms with van der Waals surface area (Å²) in [5, 5.41) is 3.08. The molecule has 1 aliphatic carbocycles. The largest absolute Gasteiger partial charge is 0.497 e. The molecule has 0 spiro atoms. The van der Waals surface area contributed by atoms with Gasteiger partial charge in [0.2, 0.25) is 5.91 Å². The predicted molar refractivity (Wildman–Crippen MR) is 111 cm³/mol. The highest BCUT2D eigenvalue weighted by molar-refractivity contribution is 5.92. The van der Waals surface area contributed by atoms with E-state index in [4.69, 9.17) is 9.47 Å². The molecule has 158 valence electrons. The Morgan fingerprint density at radius 2 is 1.87 bits per heavy atom. The molecule has 1 saturated heterocycles. The highest BCUT2D eigenvalue weighted by Crippen LogP contribution is 2.41. The van der Waals surface area contributed by atoms with E-state index >= 15 is 0 Å². The fourth-order valence-electron chi connectivity index (χ4n) is 4.42. The van der Waals surface area contributed by atoms with E-state index in [1.54, 1.807) is 31.5 Å². The highest BCUT2D eigenvalue weighted by Gasteiger charge is 2.42. The number of benzene rings is 1. The minimum Gasteiger partial charge on any atom is -0.497 e. The molecule has 2 fully saturated rings. The van der Waals surface area contributed by atoms with Crippen LogP contribution in [0.4, 0.5) is 0 Å². The fourth-order valence-corrected chi connectivity index (χ4v) is 4.42. The Balaban J connectivity index is 1.53. The van der Waals surface area contributed by atoms with Crippen LogP contribution in [-0.4, -0.2) is 61.2 Å². The molecule has 1 aliphatic heterocycles. The molecule has 0 unspecified atom stereocenters. The van der Waals surface area contributed by atoms with Crippen molar-refractivity contribution < 1.29 is 19.1 Å². The minimum atomic E-state index is -0.200. The maximum atomic E-state index is 13.3. The lowest BCUT2D eigenvalue weighted by Crippen LogP contribution is -2.44. The lowest BCUT2D eigenvalue weighted by molar-refractivity contribution is -0.140. The third-order valence-corrected chi connectivity index (χ3v) is 5.98. The Bertz CT molecular complexity index is 866. The Morgan fingerprint density at radius 1 is 1.10 bits per heavy atom. The first-order valence-electron chi connectivity index (χ1n) is 10.4. The molecule has 0 radical (unpaired) electrons. The first-order valence-corrected chi connectivity index (χ1v) is 10.4. The maximum Gasteiger partial charge on any atom is 0.270 e. The minimum absolute atomic E-state index is 0.0419. The van der Waals surface area contributed by atoms with Crippen LogP contribution in [0, 0.1) is 5.92 Å². The first-order chi connectivity index (χ1) is 14.7. The average molecular weight is 409 g/mol. The van der Waals surface area contributed by atoms with Crippen molar-refractivity contribution in [1.82, 2.24) is 15.2 Å². The molecule has 4 rings (SSSR count). The van der Waals surface area contributed by atoms with E-state index in [0.717, 1.165) is 11.3 Å². The summed E-state index contributed by atoms with van der Waals surface area (Å²) in [7, 11) is 1.64. The Labute approximate surface area is 176 Å². The van der Waals surface area contributed by atoms with Crippen molar-refractivity contribution in [2.75, 3.05) is 33.4 Å². The lowest BCUT2D eigenvalue weighted by atomic mass is 9.88. The molecule has 1 N–H and O–H groups in total. The van der Waals surface area contributed by atoms with Gasteiger partial charge in [0, 0.05) is 31.2 Å². The number of hydrogen-bond acceptors (Lipinski definition) is 5. The van der Waals surface area contributed by atoms with Crippen LogP contribution >= 0.6 is 0 Å². The zero-order valence-electron chi connectivity index (χ0n) is 17.1. The molecular weight excluding hydrogens is 382 g/mol. The van der Waals surface area contributed by atoms with E-state index in [-0.39, 0.29) is 29.7 Å². The number of amides is 2. The van der Waals surface area contributed by atoms with Crippen molar-refractivity contribution in [3.8, 4) is 5.75 Å². The van der Waals surface area contributed by atoms with Crippen molar-refractivity contribution in [2.45, 2.75) is 24.8 Å². The van der Waals surface area contributed by atoms with Crippen LogP contribution in [0.3, 0.4) is 0 Å². The number of aromatic nitrogens is 1. The molecule has 2 heterocycles. The summed E-state index contributed by atoms with van der Waals surface area (Å²) in [6, 6.07) is 13.1. The number of pyridine rings is 1. The fraction of sp³-hybridized carbons (Fsp3) is 0.435. The molecule has 1 aromatic carbocycles. The SMILES string of the molecule is COc1ccc([C@H]2C[C@H](NC(=O)c3ccccn3)C[C@@H]2C(=O)N2CCOCC2)cc1. The second-order valence-electron chi connectivity index (χ2n) is 7.78. The van der Waals surface area contributed by atoms with Gasteiger partial charge >= 0.3 is 0 Å². The molecule has 2 aliphatic rings. The third-order valence-electron chi connectivity index (χ3n) is 5.98. The zero-order chi connectivity index (χ0) is 20.9. The van der Waals surface area contributed by atoms with E-state index in [2.05, 4.69) is 10.3 Å². The van der Waals surface area contributed by atoms with Crippen molar-refractivity contribution in [1.29, 1.82) is 0 Å². The zero-order valence-corrected chi connectivity index (χ0v) is 17.1. The molecule has 3 atom stereocenters. The topological polar surface area (TPSA) is 80.8 Å². The number of carbonyl (C=O) groups excluding carboxylic acids is 2. The van der Waals surface area contributed by atoms with Gasteiger partial charge < -0.3 is 19.7 Å². The number of carbonyl (C=O) groups is 2. The average Bonchev–Trinajstić information content (AvgIpc) is 3.23. The summed E-state index contributed by atoms with van der Waals surface area (Å²) in [5.41, 5.74) is 1.48. The number of nitrogens with one attached hydrogen (secondary N) is 1. The van der Waals surface area contributed by atoms with Gasteiger partial charge in [0.1, 0.15) is 11.4 Å². The smallest absolute Gasteiger partial charge is 0.270 e. The Morgan fingerprint density at radius 3 is 2.53 bits per heavy atom. The van der Waals surface area contributed by atoms with Crippen LogP contribution in [0.1, 0.15) is 34.8 Å². The summed E-state index contributed by atoms with van der Waals surface area (Å²) in [5.74, 6) is 0.598. The maximum absolute atomic E-state index is 13.3. The standard InChI is InChI=1S/C23H27N3O4/c1-29-18-7-5-16(6-8-18)19-14-17(25-22(27)21-4-2-3-9-24-21)15-20(19)23(28)26-10-12-30-13-11-26/h2-9,17,19-20H,10-15H2,1H3,(H,25,27)/t17-,19+,20-/m0/s1. The quantitative estimate of drug-likeness (QED) is 0.819. The van der Waals surface area contributed by atoms with E-state index in [0.29, 0.717) is 44.8 Å². The normalized spacial score (nSPS) is 23.8. The molecule has 0 bridgehead atoms. The van der Waals surface area contributed by atoms with Crippen LogP contribution < -0.4 is 10.1 Å². The summed E-state index contributed by atoms with van der Waals surface area (Å²) in [6.45, 7) is 2.39. The van der Waals surface area contributed by atoms with Crippen LogP contribution in [0.15, 0.2) is 48.7 Å². The van der Waals surface area contributed by atoms with Gasteiger partial charge in [-0.15, -0.1) is 0 Å². The van der Waals surface area contributed by atoms with Gasteiger partial charge in [0.15, 0.2) is 0 Å². The molecule has 30 heavy (non-hydrogen) atoms. The molecule has 2 aromatic rings. The van der Waals surface area contributed by atoms with Gasteiger partial charge in [0.05, 0.1) is 20.3 Å². The van der Waals surface area contributed by atoms with Crippen molar-refractivity contribution >= 4 is 11.8 Å². The Hall–Kier alpha value is -2.93. The number of rotatable bonds is 5. The number of morpholine rings is 1. The van der Waals surface area contributed by atoms with E-state index < -0.39 is 0 Å². The number of ether oxygens (including phenoxy) is 2. The van der Waals surface area contributed by atoms with Crippen LogP contribution in [0.25, 0.3) is 0 Å². The second kappa shape index (κ2) is 9.26. The van der Waals surface area contributed by atoms with Crippen LogP contribution in [0.5, 0.6) is 5.75 Å². The first kappa shape index (κ1) is 20.3. The van der Waals surface area contributed by atoms with Crippen LogP contribution in [0.2, 0.25) is 0 Å². The van der Waals surface area contributed by atoms with Gasteiger partial charge in [-0.3, -0.25) is 14.6 Å². The van der Waals surface area contributed by atoms with E-state index in [1.165, 1.54) is 0 Å². The molecule has 7 heteroatoms. The molecule has 1 saturated carbocycles. The molecule has 1 aromatic heterocycles. The summed E-state index contributed by atoms with van der Waals surface area (Å²) >= 11 is 0. The lowest BCUT2D eigenvalue weighted by Gasteiger charge is -2.31. The van der Waals surface area contributed by atoms with Gasteiger partial charge in [-0.2, -0.15) is 0 Å². The summed E-state index contributed by atoms with van der Waals surface area (Å²) < 4.78 is 10.7. The van der Waals surface area contributed by atoms with Crippen molar-refractivity contribution in [3.05, 3.63) is 59.9 Å². The third kappa shape index (κ3) is 4.46. The predicted octanol–water partition coefficient (Wildman–Crippen LogP) is 2.24. The van der Waals surface area contributed by atoms with Crippen LogP contribution in [-0.2, 0) is 9.53 Å². The van der Waals surface area contributed by atoms with Crippen molar-refractivity contribution in [3.63, 3.8) is 0 Å². The van der Waals surface area contributed by atoms with Gasteiger partial charge in [-0.05, 0) is 48.6 Å². The number of nitrogens with zero attached hydrogens (tertiary/aromatic N) is 2. The Kier molecular flexibility index (Phi) is 6.28. The monoisotopic (exact) mass is 409 g/mol. The molecule has 7 nitrogen and oxygen atoms in total. The highest BCUT2D eigenvalue weighted by atomic mass is 16.5.